The summed E-state index contributed by atoms with van der Waals surface area (Å²) in [6.45, 7) is 4.85. The first-order chi connectivity index (χ1) is 13.8. The lowest BCUT2D eigenvalue weighted by atomic mass is 10.1. The molecule has 0 atom stereocenters. The van der Waals surface area contributed by atoms with Crippen molar-refractivity contribution in [1.29, 1.82) is 0 Å². The first-order valence-corrected chi connectivity index (χ1v) is 10.2. The monoisotopic (exact) mass is 521 g/mol. The van der Waals surface area contributed by atoms with Crippen LogP contribution in [0, 0.1) is 0 Å². The van der Waals surface area contributed by atoms with Gasteiger partial charge in [0.15, 0.2) is 10.9 Å². The van der Waals surface area contributed by atoms with E-state index < -0.39 is 0 Å². The van der Waals surface area contributed by atoms with Gasteiger partial charge in [-0.15, -0.1) is 35.3 Å². The summed E-state index contributed by atoms with van der Waals surface area (Å²) in [5.74, 6) is 0.785. The zero-order chi connectivity index (χ0) is 19.2. The number of benzene rings is 1. The number of fused-ring (bicyclic) bond motifs is 1. The number of guanidine groups is 1. The Balaban J connectivity index is 0.00000240. The minimum absolute atomic E-state index is 0. The van der Waals surface area contributed by atoms with Gasteiger partial charge in [-0.25, -0.2) is 9.98 Å². The number of aliphatic imine (C=N–C) groups is 1. The molecular formula is C20H24IN7S. The number of aromatic nitrogens is 4. The predicted molar refractivity (Wildman–Crippen MR) is 128 cm³/mol. The van der Waals surface area contributed by atoms with Crippen molar-refractivity contribution in [2.24, 2.45) is 4.99 Å². The number of halogens is 1. The lowest BCUT2D eigenvalue weighted by Gasteiger charge is -2.12. The highest BCUT2D eigenvalue weighted by Crippen LogP contribution is 2.12. The molecule has 0 amide bonds. The van der Waals surface area contributed by atoms with Crippen LogP contribution in [0.5, 0.6) is 0 Å². The third kappa shape index (κ3) is 5.57. The van der Waals surface area contributed by atoms with E-state index in [2.05, 4.69) is 51.9 Å². The molecule has 0 saturated heterocycles. The van der Waals surface area contributed by atoms with Crippen LogP contribution in [-0.4, -0.2) is 31.7 Å². The van der Waals surface area contributed by atoms with Gasteiger partial charge in [0, 0.05) is 36.7 Å². The number of rotatable bonds is 7. The minimum atomic E-state index is 0. The topological polar surface area (TPSA) is 71.5 Å². The zero-order valence-electron chi connectivity index (χ0n) is 16.2. The van der Waals surface area contributed by atoms with E-state index in [-0.39, 0.29) is 24.0 Å². The average molecular weight is 521 g/mol. The molecule has 4 rings (SSSR count). The molecule has 3 heterocycles. The number of nitrogens with one attached hydrogen (secondary N) is 2. The second-order valence-corrected chi connectivity index (χ2v) is 7.22. The maximum Gasteiger partial charge on any atom is 0.193 e. The van der Waals surface area contributed by atoms with E-state index in [0.29, 0.717) is 13.1 Å². The third-order valence-corrected chi connectivity index (χ3v) is 5.11. The largest absolute Gasteiger partial charge is 0.357 e. The van der Waals surface area contributed by atoms with Crippen LogP contribution in [0.1, 0.15) is 23.7 Å². The fourth-order valence-electron chi connectivity index (χ4n) is 2.98. The Hall–Kier alpha value is -2.40. The smallest absolute Gasteiger partial charge is 0.193 e. The summed E-state index contributed by atoms with van der Waals surface area (Å²) in [4.78, 5) is 10.4. The van der Waals surface area contributed by atoms with E-state index in [1.165, 1.54) is 11.1 Å². The highest BCUT2D eigenvalue weighted by atomic mass is 127. The van der Waals surface area contributed by atoms with Gasteiger partial charge < -0.3 is 10.6 Å². The Bertz CT molecular complexity index is 1020. The number of nitrogens with zero attached hydrogens (tertiary/aromatic N) is 5. The molecule has 0 aliphatic carbocycles. The van der Waals surface area contributed by atoms with Gasteiger partial charge in [0.25, 0.3) is 0 Å². The van der Waals surface area contributed by atoms with E-state index in [4.69, 9.17) is 4.99 Å². The molecule has 4 aromatic rings. The Morgan fingerprint density at radius 1 is 1.14 bits per heavy atom. The minimum Gasteiger partial charge on any atom is -0.357 e. The van der Waals surface area contributed by atoms with Crippen molar-refractivity contribution >= 4 is 46.2 Å². The van der Waals surface area contributed by atoms with Crippen molar-refractivity contribution in [3.63, 3.8) is 0 Å². The van der Waals surface area contributed by atoms with Crippen LogP contribution in [0.3, 0.4) is 0 Å². The highest BCUT2D eigenvalue weighted by Gasteiger charge is 2.06. The molecule has 152 valence electrons. The first kappa shape index (κ1) is 21.3. The first-order valence-electron chi connectivity index (χ1n) is 9.29. The number of imidazole rings is 1. The van der Waals surface area contributed by atoms with Gasteiger partial charge in [-0.3, -0.25) is 9.08 Å². The van der Waals surface area contributed by atoms with Gasteiger partial charge in [-0.2, -0.15) is 5.10 Å². The van der Waals surface area contributed by atoms with E-state index in [9.17, 15) is 0 Å². The molecule has 0 bridgehead atoms. The average Bonchev–Trinajstić information content (AvgIpc) is 3.43. The molecule has 0 aliphatic rings. The van der Waals surface area contributed by atoms with E-state index in [1.54, 1.807) is 17.5 Å². The summed E-state index contributed by atoms with van der Waals surface area (Å²) in [6, 6.07) is 10.3. The number of hydrogen-bond donors (Lipinski definition) is 2. The molecule has 3 aromatic heterocycles. The van der Waals surface area contributed by atoms with Gasteiger partial charge in [0.1, 0.15) is 0 Å². The summed E-state index contributed by atoms with van der Waals surface area (Å²) < 4.78 is 3.97. The van der Waals surface area contributed by atoms with Crippen molar-refractivity contribution < 1.29 is 0 Å². The summed E-state index contributed by atoms with van der Waals surface area (Å²) >= 11 is 1.63. The van der Waals surface area contributed by atoms with Crippen LogP contribution in [0.25, 0.3) is 4.96 Å². The molecule has 2 N–H and O–H groups in total. The molecule has 29 heavy (non-hydrogen) atoms. The van der Waals surface area contributed by atoms with Gasteiger partial charge >= 0.3 is 0 Å². The van der Waals surface area contributed by atoms with Crippen molar-refractivity contribution in [1.82, 2.24) is 29.8 Å². The molecule has 0 fully saturated rings. The molecule has 1 aromatic carbocycles. The normalized spacial score (nSPS) is 11.4. The van der Waals surface area contributed by atoms with Gasteiger partial charge in [0.2, 0.25) is 0 Å². The number of hydrogen-bond acceptors (Lipinski definition) is 4. The summed E-state index contributed by atoms with van der Waals surface area (Å²) in [6.07, 6.45) is 7.84. The molecule has 7 nitrogen and oxygen atoms in total. The molecule has 0 saturated carbocycles. The van der Waals surface area contributed by atoms with E-state index in [1.807, 2.05) is 39.1 Å². The third-order valence-electron chi connectivity index (χ3n) is 4.34. The van der Waals surface area contributed by atoms with Crippen molar-refractivity contribution in [2.75, 3.05) is 6.54 Å². The summed E-state index contributed by atoms with van der Waals surface area (Å²) in [5.41, 5.74) is 3.41. The van der Waals surface area contributed by atoms with Crippen LogP contribution in [0.15, 0.2) is 65.5 Å². The quantitative estimate of drug-likeness (QED) is 0.222. The summed E-state index contributed by atoms with van der Waals surface area (Å²) in [7, 11) is 0. The molecular weight excluding hydrogens is 497 g/mol. The fourth-order valence-corrected chi connectivity index (χ4v) is 3.69. The Kier molecular flexibility index (Phi) is 7.64. The standard InChI is InChI=1S/C20H23N7S.HI/c1-2-21-19(23-13-18-15-26-10-11-28-20(26)25-18)22-12-16-6-3-4-7-17(16)14-27-9-5-8-24-27;/h3-11,15H,2,12-14H2,1H3,(H2,21,22,23);1H. The lowest BCUT2D eigenvalue weighted by Crippen LogP contribution is -2.36. The van der Waals surface area contributed by atoms with Crippen LogP contribution in [0.2, 0.25) is 0 Å². The van der Waals surface area contributed by atoms with Crippen molar-refractivity contribution in [3.05, 3.63) is 77.3 Å². The fraction of sp³-hybridized carbons (Fsp3) is 0.250. The molecule has 0 unspecified atom stereocenters. The Morgan fingerprint density at radius 2 is 2.00 bits per heavy atom. The number of thiazole rings is 1. The van der Waals surface area contributed by atoms with Gasteiger partial charge in [-0.1, -0.05) is 24.3 Å². The predicted octanol–water partition coefficient (Wildman–Crippen LogP) is 3.51. The van der Waals surface area contributed by atoms with Crippen LogP contribution in [-0.2, 0) is 19.6 Å². The van der Waals surface area contributed by atoms with Crippen LogP contribution in [0.4, 0.5) is 0 Å². The Morgan fingerprint density at radius 3 is 2.76 bits per heavy atom. The van der Waals surface area contributed by atoms with Crippen molar-refractivity contribution in [2.45, 2.75) is 26.6 Å². The van der Waals surface area contributed by atoms with E-state index in [0.717, 1.165) is 29.7 Å². The lowest BCUT2D eigenvalue weighted by molar-refractivity contribution is 0.680. The van der Waals surface area contributed by atoms with Crippen molar-refractivity contribution in [3.8, 4) is 0 Å². The summed E-state index contributed by atoms with van der Waals surface area (Å²) in [5, 5.41) is 13.0. The Labute approximate surface area is 190 Å². The molecule has 0 radical (unpaired) electrons. The maximum atomic E-state index is 4.76. The molecule has 0 spiro atoms. The second-order valence-electron chi connectivity index (χ2n) is 6.35. The molecule has 0 aliphatic heterocycles. The zero-order valence-corrected chi connectivity index (χ0v) is 19.3. The van der Waals surface area contributed by atoms with Crippen LogP contribution < -0.4 is 10.6 Å². The van der Waals surface area contributed by atoms with E-state index >= 15 is 0 Å². The SMILES string of the molecule is CCNC(=NCc1ccccc1Cn1cccn1)NCc1cn2ccsc2n1.I. The highest BCUT2D eigenvalue weighted by molar-refractivity contribution is 14.0. The maximum absolute atomic E-state index is 4.76. The van der Waals surface area contributed by atoms with Gasteiger partial charge in [0.05, 0.1) is 25.3 Å². The van der Waals surface area contributed by atoms with Gasteiger partial charge in [-0.05, 0) is 24.1 Å². The van der Waals surface area contributed by atoms with Crippen LogP contribution >= 0.6 is 35.3 Å². The second kappa shape index (κ2) is 10.4. The molecule has 9 heteroatoms.